The summed E-state index contributed by atoms with van der Waals surface area (Å²) in [5.41, 5.74) is -1.98. The molecule has 46 heteroatoms. The van der Waals surface area contributed by atoms with Crippen molar-refractivity contribution in [1.82, 2.24) is 51.9 Å². The van der Waals surface area contributed by atoms with Crippen LogP contribution in [0.1, 0.15) is 157 Å². The highest BCUT2D eigenvalue weighted by molar-refractivity contribution is 14.1. The number of ether oxygens (including phenoxy) is 13. The standard InChI is InChI=1S/C25H24N2O7.C24H21IN2O7.C23H19IN2O7.C22H19N3O7.C10H14N2O5/c1-16-14-27(25(31)26(2)22(16)28)21-13-19(34-24(30)18-11-7-4-8-12-18)20(33-21)15-32-23(29)17-9-5-3-6-10-17;1-26-21(28)17(25)13-27(24(26)31)20-12-18(34-23(30)16-10-6-3-7-11-16)19(33-20)14-32-22(29)15-8-4-2-5-9-15;24-16-12-26(23(30)25-20(16)27)19-11-17(33-22(29)15-9-5-2-6-10-15)18(32-19)13-31-21(28)14-7-3-1-4-8-14;26-19(14-7-3-1-4-8-14)30-12-17-16(32-20(27)15-9-5-2-6-10-15)11-18(31-17)25-13-23-21(28)24-22(25)29;1-5-3-12(10(16)11-9(5)15)8-2-6(14)7(4-13)17-8/h3-12,14,19-21H,13,15H2,1-2H3;2-11,13,18-20H,12,14H2,1H3;1-10,12,17-19H,11,13H2,(H,25,27,30);1-10,13,16-18H,11-12H2,(H,24,28,29);3,6-8,13-14H,2,4H2,1H3,(H,11,15,16)/t19?,20-,21-;18?,19-,20-;17?,18-,19-;16?,17-,18-;6?,7-,8-/m00000/s1. The van der Waals surface area contributed by atoms with E-state index in [9.17, 15) is 91.4 Å². The molecule has 0 saturated carbocycles. The van der Waals surface area contributed by atoms with E-state index in [-0.39, 0.29) is 65.1 Å². The first-order valence-electron chi connectivity index (χ1n) is 46.4. The normalized spacial score (nSPS) is 20.7. The van der Waals surface area contributed by atoms with E-state index in [1.165, 1.54) is 57.2 Å². The van der Waals surface area contributed by atoms with Crippen LogP contribution in [0.3, 0.4) is 0 Å². The highest BCUT2D eigenvalue weighted by Gasteiger charge is 2.46. The Labute approximate surface area is 875 Å². The largest absolute Gasteiger partial charge is 0.459 e. The van der Waals surface area contributed by atoms with Crippen molar-refractivity contribution in [2.45, 2.75) is 138 Å². The number of nitrogens with one attached hydrogen (secondary N) is 3. The van der Waals surface area contributed by atoms with Crippen LogP contribution in [0.4, 0.5) is 0 Å². The molecule has 5 N–H and O–H groups in total. The van der Waals surface area contributed by atoms with Crippen LogP contribution < -0.4 is 56.4 Å². The Kier molecular flexibility index (Phi) is 37.7. The number of aliphatic hydroxyl groups is 2. The van der Waals surface area contributed by atoms with E-state index in [2.05, 4.69) is 19.9 Å². The number of aromatic amines is 3. The number of aliphatic hydroxyl groups excluding tert-OH is 2. The Morgan fingerprint density at radius 3 is 0.907 bits per heavy atom. The second-order valence-corrected chi connectivity index (χ2v) is 36.4. The van der Waals surface area contributed by atoms with E-state index in [1.54, 1.807) is 257 Å². The van der Waals surface area contributed by atoms with Gasteiger partial charge in [-0.3, -0.25) is 66.1 Å². The summed E-state index contributed by atoms with van der Waals surface area (Å²) >= 11 is 3.65. The lowest BCUT2D eigenvalue weighted by molar-refractivity contribution is -0.0586. The van der Waals surface area contributed by atoms with Gasteiger partial charge >= 0.3 is 81.9 Å². The molecule has 13 aromatic rings. The van der Waals surface area contributed by atoms with Gasteiger partial charge in [-0.15, -0.1) is 0 Å². The maximum absolute atomic E-state index is 12.7. The van der Waals surface area contributed by atoms with Crippen molar-refractivity contribution in [2.24, 2.45) is 14.1 Å². The van der Waals surface area contributed by atoms with Gasteiger partial charge in [0.15, 0.2) is 0 Å². The van der Waals surface area contributed by atoms with Crippen molar-refractivity contribution in [3.63, 3.8) is 0 Å². The van der Waals surface area contributed by atoms with Crippen LogP contribution in [0.2, 0.25) is 0 Å². The number of halogens is 2. The van der Waals surface area contributed by atoms with Crippen molar-refractivity contribution < 1.29 is 110 Å². The molecule has 18 rings (SSSR count). The number of benzene rings is 8. The highest BCUT2D eigenvalue weighted by atomic mass is 127. The van der Waals surface area contributed by atoms with Gasteiger partial charge in [-0.25, -0.2) is 67.1 Å². The molecule has 0 spiro atoms. The molecule has 10 heterocycles. The minimum atomic E-state index is -0.874. The zero-order valence-corrected chi connectivity index (χ0v) is 84.4. The lowest BCUT2D eigenvalue weighted by Crippen LogP contribution is -2.40. The molecule has 5 unspecified atom stereocenters. The summed E-state index contributed by atoms with van der Waals surface area (Å²) in [6.07, 6.45) is -4.58. The van der Waals surface area contributed by atoms with Crippen molar-refractivity contribution in [1.29, 1.82) is 0 Å². The minimum Gasteiger partial charge on any atom is -0.459 e. The smallest absolute Gasteiger partial charge is 0.350 e. The summed E-state index contributed by atoms with van der Waals surface area (Å²) in [4.78, 5) is 230. The number of nitrogens with zero attached hydrogens (tertiary/aromatic N) is 8. The van der Waals surface area contributed by atoms with Crippen LogP contribution in [0.15, 0.2) is 322 Å². The first kappa shape index (κ1) is 110. The molecular weight excluding hydrogens is 2180 g/mol. The lowest BCUT2D eigenvalue weighted by atomic mass is 10.1. The van der Waals surface area contributed by atoms with Gasteiger partial charge < -0.3 is 71.8 Å². The van der Waals surface area contributed by atoms with E-state index in [1.807, 2.05) is 45.2 Å². The molecule has 5 fully saturated rings. The summed E-state index contributed by atoms with van der Waals surface area (Å²) in [6.45, 7) is 2.09. The molecule has 0 radical (unpaired) electrons. The third kappa shape index (κ3) is 28.3. The average molecular weight is 2280 g/mol. The number of aryl methyl sites for hydroxylation is 2. The molecule has 5 saturated heterocycles. The molecule has 44 nitrogen and oxygen atoms in total. The second-order valence-electron chi connectivity index (χ2n) is 34.1. The van der Waals surface area contributed by atoms with Crippen LogP contribution in [-0.2, 0) is 75.7 Å². The molecule has 5 aliphatic rings. The van der Waals surface area contributed by atoms with E-state index >= 15 is 0 Å². The number of hydrogen-bond donors (Lipinski definition) is 5. The van der Waals surface area contributed by atoms with Gasteiger partial charge in [0.05, 0.1) is 64.4 Å². The van der Waals surface area contributed by atoms with Crippen LogP contribution in [0.25, 0.3) is 0 Å². The lowest BCUT2D eigenvalue weighted by Gasteiger charge is -2.19. The Bertz CT molecular complexity index is 7420. The summed E-state index contributed by atoms with van der Waals surface area (Å²) in [5.74, 6) is -4.46. The van der Waals surface area contributed by atoms with Crippen LogP contribution >= 0.6 is 45.2 Å². The van der Waals surface area contributed by atoms with Crippen LogP contribution in [0.5, 0.6) is 0 Å². The number of rotatable bonds is 26. The number of hydrogen-bond acceptors (Lipinski definition) is 34. The van der Waals surface area contributed by atoms with Crippen LogP contribution in [-0.4, -0.2) is 204 Å². The van der Waals surface area contributed by atoms with Gasteiger partial charge in [0.25, 0.3) is 22.2 Å². The topological polar surface area (TPSA) is 562 Å². The Hall–Kier alpha value is -16.0. The monoisotopic (exact) mass is 2280 g/mol. The minimum absolute atomic E-state index is 0.0970. The molecule has 0 bridgehead atoms. The van der Waals surface area contributed by atoms with Crippen molar-refractivity contribution in [2.75, 3.05) is 33.0 Å². The highest BCUT2D eigenvalue weighted by Crippen LogP contribution is 2.37. The van der Waals surface area contributed by atoms with Gasteiger partial charge in [0.2, 0.25) is 0 Å². The third-order valence-electron chi connectivity index (χ3n) is 23.9. The van der Waals surface area contributed by atoms with Gasteiger partial charge in [-0.2, -0.15) is 4.98 Å². The van der Waals surface area contributed by atoms with Crippen molar-refractivity contribution in [3.05, 3.63) is 441 Å². The molecule has 780 valence electrons. The number of carbonyl (C=O) groups is 8. The predicted octanol–water partition coefficient (Wildman–Crippen LogP) is 7.05. The van der Waals surface area contributed by atoms with Gasteiger partial charge in [0.1, 0.15) is 119 Å². The molecule has 15 atom stereocenters. The van der Waals surface area contributed by atoms with Crippen molar-refractivity contribution >= 4 is 92.9 Å². The Balaban J connectivity index is 0.000000150. The fourth-order valence-electron chi connectivity index (χ4n) is 16.0. The maximum Gasteiger partial charge on any atom is 0.350 e. The average Bonchev–Trinajstić information content (AvgIpc) is 1.61. The van der Waals surface area contributed by atoms with E-state index in [0.29, 0.717) is 62.8 Å². The zero-order valence-electron chi connectivity index (χ0n) is 80.1. The fraction of sp³-hybridized carbons (Fsp3) is 0.279. The Morgan fingerprint density at radius 1 is 0.327 bits per heavy atom. The van der Waals surface area contributed by atoms with E-state index < -0.39 is 196 Å². The fourth-order valence-corrected chi connectivity index (χ4v) is 17.1. The predicted molar refractivity (Wildman–Crippen MR) is 544 cm³/mol. The molecule has 150 heavy (non-hydrogen) atoms. The summed E-state index contributed by atoms with van der Waals surface area (Å²) in [6, 6.07) is 67.6. The number of carbonyl (C=O) groups excluding carboxylic acids is 8. The zero-order chi connectivity index (χ0) is 107. The SMILES string of the molecule is Cc1cn([C@@H]2CC(O)[C@H](CO)O2)c(=O)[nH]c1=O.Cc1cn([C@@H]2CC(OC(=O)c3ccccc3)[C@H](COC(=O)c3ccccc3)O2)c(=O)n(C)c1=O.Cn1c(=O)c(I)cn([C@@H]2CC(OC(=O)c3ccccc3)[C@H](COC(=O)c3ccccc3)O2)c1=O.O=C(OC[C@@H]1O[C@H](n2cc(I)c(=O)[nH]c2=O)CC1OC(=O)c1ccccc1)c1ccccc1.O=C(OC[C@@H]1O[C@H](n2cnc(=O)[nH]c2=O)CC1OC(=O)c1ccccc1)c1ccccc1. The molecule has 5 aromatic heterocycles. The van der Waals surface area contributed by atoms with Gasteiger partial charge in [-0.1, -0.05) is 146 Å². The maximum atomic E-state index is 12.7. The second kappa shape index (κ2) is 51.6. The quantitative estimate of drug-likeness (QED) is 0.0206. The Morgan fingerprint density at radius 2 is 0.587 bits per heavy atom. The van der Waals surface area contributed by atoms with Gasteiger partial charge in [0, 0.05) is 82.1 Å². The molecule has 8 aromatic carbocycles. The molecule has 0 amide bonds. The summed E-state index contributed by atoms with van der Waals surface area (Å²) in [5, 5.41) is 18.5. The molecule has 5 aliphatic heterocycles. The third-order valence-corrected chi connectivity index (χ3v) is 25.4. The number of aromatic nitrogens is 11. The van der Waals surface area contributed by atoms with E-state index in [4.69, 9.17) is 66.7 Å². The summed E-state index contributed by atoms with van der Waals surface area (Å²) < 4.78 is 82.0. The van der Waals surface area contributed by atoms with Gasteiger partial charge in [-0.05, 0) is 156 Å². The van der Waals surface area contributed by atoms with Crippen LogP contribution in [0, 0.1) is 21.0 Å². The summed E-state index contributed by atoms with van der Waals surface area (Å²) in [7, 11) is 2.76. The first-order chi connectivity index (χ1) is 72.1. The number of H-pyrrole nitrogens is 3. The molecule has 0 aliphatic carbocycles. The first-order valence-corrected chi connectivity index (χ1v) is 48.6. The number of esters is 8. The van der Waals surface area contributed by atoms with E-state index in [0.717, 1.165) is 20.0 Å². The molecular formula is C104H97I2N11O33. The van der Waals surface area contributed by atoms with Crippen molar-refractivity contribution in [3.8, 4) is 0 Å².